The van der Waals surface area contributed by atoms with E-state index in [-0.39, 0.29) is 5.92 Å². The fourth-order valence-electron chi connectivity index (χ4n) is 4.23. The highest BCUT2D eigenvalue weighted by Gasteiger charge is 2.25. The predicted molar refractivity (Wildman–Crippen MR) is 151 cm³/mol. The van der Waals surface area contributed by atoms with Gasteiger partial charge in [0.05, 0.1) is 16.8 Å². The molecule has 0 radical (unpaired) electrons. The number of hydrogen-bond donors (Lipinski definition) is 2. The number of halogens is 2. The van der Waals surface area contributed by atoms with Gasteiger partial charge in [-0.05, 0) is 48.7 Å². The lowest BCUT2D eigenvalue weighted by molar-refractivity contribution is -0.123. The molecule has 0 saturated carbocycles. The maximum atomic E-state index is 13.0. The molecule has 4 rings (SSSR count). The highest BCUT2D eigenvalue weighted by molar-refractivity contribution is 6.33. The lowest BCUT2D eigenvalue weighted by Crippen LogP contribution is -2.48. The van der Waals surface area contributed by atoms with Gasteiger partial charge in [0.1, 0.15) is 6.04 Å². The normalized spacial score (nSPS) is 12.3. The highest BCUT2D eigenvalue weighted by atomic mass is 35.5. The average molecular weight is 535 g/mol. The number of hydrogen-bond acceptors (Lipinski definition) is 3. The Balaban J connectivity index is 1.53. The van der Waals surface area contributed by atoms with Gasteiger partial charge < -0.3 is 9.88 Å². The van der Waals surface area contributed by atoms with E-state index in [1.165, 1.54) is 0 Å². The van der Waals surface area contributed by atoms with Crippen LogP contribution in [0, 0.1) is 12.8 Å². The molecule has 0 fully saturated rings. The summed E-state index contributed by atoms with van der Waals surface area (Å²) < 4.78 is 2.21. The van der Waals surface area contributed by atoms with E-state index in [1.54, 1.807) is 30.5 Å². The number of aromatic nitrogens is 1. The first-order valence-electron chi connectivity index (χ1n) is 12.0. The number of amides is 2. The van der Waals surface area contributed by atoms with Crippen LogP contribution in [-0.4, -0.2) is 28.6 Å². The maximum Gasteiger partial charge on any atom is 0.262 e. The number of hydrazone groups is 1. The Morgan fingerprint density at radius 1 is 0.973 bits per heavy atom. The Hall–Kier alpha value is -3.61. The maximum absolute atomic E-state index is 13.0. The van der Waals surface area contributed by atoms with Crippen LogP contribution in [0.1, 0.15) is 41.0 Å². The fraction of sp³-hybridized carbons (Fsp3) is 0.207. The Bertz CT molecular complexity index is 1460. The summed E-state index contributed by atoms with van der Waals surface area (Å²) in [4.78, 5) is 25.7. The third-order valence-corrected chi connectivity index (χ3v) is 6.84. The summed E-state index contributed by atoms with van der Waals surface area (Å²) in [6.45, 7) is 6.41. The molecule has 1 unspecified atom stereocenters. The first-order valence-corrected chi connectivity index (χ1v) is 12.7. The highest BCUT2D eigenvalue weighted by Crippen LogP contribution is 2.26. The van der Waals surface area contributed by atoms with E-state index in [4.69, 9.17) is 23.2 Å². The quantitative estimate of drug-likeness (QED) is 0.208. The van der Waals surface area contributed by atoms with Gasteiger partial charge in [0.25, 0.3) is 11.8 Å². The van der Waals surface area contributed by atoms with Crippen LogP contribution in [0.4, 0.5) is 0 Å². The SMILES string of the molecule is Cc1c(C=NNC(=O)C(NC(=O)c2ccccc2Cl)C(C)C)c2ccccc2n1Cc1ccc(Cl)cc1. The van der Waals surface area contributed by atoms with Crippen LogP contribution in [0.3, 0.4) is 0 Å². The van der Waals surface area contributed by atoms with Gasteiger partial charge in [-0.15, -0.1) is 0 Å². The number of carbonyl (C=O) groups is 2. The van der Waals surface area contributed by atoms with Crippen molar-refractivity contribution >= 4 is 52.1 Å². The second-order valence-electron chi connectivity index (χ2n) is 9.14. The molecule has 2 amide bonds. The Labute approximate surface area is 226 Å². The fourth-order valence-corrected chi connectivity index (χ4v) is 4.57. The summed E-state index contributed by atoms with van der Waals surface area (Å²) in [6.07, 6.45) is 1.65. The molecule has 0 saturated heterocycles. The summed E-state index contributed by atoms with van der Waals surface area (Å²) in [5.41, 5.74) is 7.03. The van der Waals surface area contributed by atoms with Crippen LogP contribution in [0.2, 0.25) is 10.0 Å². The molecule has 0 aliphatic carbocycles. The van der Waals surface area contributed by atoms with Gasteiger partial charge in [-0.1, -0.05) is 79.5 Å². The van der Waals surface area contributed by atoms with Gasteiger partial charge in [-0.3, -0.25) is 9.59 Å². The third kappa shape index (κ3) is 6.04. The predicted octanol–water partition coefficient (Wildman–Crippen LogP) is 6.21. The van der Waals surface area contributed by atoms with E-state index >= 15 is 0 Å². The standard InChI is InChI=1S/C29H28Cl2N4O2/c1-18(2)27(33-28(36)23-9-4-6-10-25(23)31)29(37)34-32-16-24-19(3)35(26-11-7-5-8-22(24)26)17-20-12-14-21(30)15-13-20/h4-16,18,27H,17H2,1-3H3,(H,33,36)(H,34,37). The van der Waals surface area contributed by atoms with Crippen molar-refractivity contribution in [3.8, 4) is 0 Å². The second kappa shape index (κ2) is 11.6. The van der Waals surface area contributed by atoms with E-state index < -0.39 is 17.9 Å². The van der Waals surface area contributed by atoms with Gasteiger partial charge >= 0.3 is 0 Å². The first kappa shape index (κ1) is 26.5. The van der Waals surface area contributed by atoms with E-state index in [2.05, 4.69) is 26.5 Å². The van der Waals surface area contributed by atoms with Crippen molar-refractivity contribution in [2.75, 3.05) is 0 Å². The molecule has 1 aromatic heterocycles. The van der Waals surface area contributed by atoms with Gasteiger partial charge in [-0.2, -0.15) is 5.10 Å². The van der Waals surface area contributed by atoms with E-state index in [1.807, 2.05) is 63.2 Å². The van der Waals surface area contributed by atoms with Crippen LogP contribution >= 0.6 is 23.2 Å². The molecule has 1 atom stereocenters. The third-order valence-electron chi connectivity index (χ3n) is 6.26. The van der Waals surface area contributed by atoms with Crippen LogP contribution in [-0.2, 0) is 11.3 Å². The summed E-state index contributed by atoms with van der Waals surface area (Å²) in [6, 6.07) is 21.8. The zero-order chi connectivity index (χ0) is 26.5. The van der Waals surface area contributed by atoms with Crippen molar-refractivity contribution in [2.24, 2.45) is 11.0 Å². The molecular formula is C29H28Cl2N4O2. The minimum atomic E-state index is -0.784. The molecule has 0 aliphatic rings. The molecule has 2 N–H and O–H groups in total. The Morgan fingerprint density at radius 2 is 1.65 bits per heavy atom. The van der Waals surface area contributed by atoms with E-state index in [0.717, 1.165) is 27.7 Å². The molecule has 1 heterocycles. The number of para-hydroxylation sites is 1. The van der Waals surface area contributed by atoms with Crippen molar-refractivity contribution in [2.45, 2.75) is 33.4 Å². The topological polar surface area (TPSA) is 75.5 Å². The monoisotopic (exact) mass is 534 g/mol. The number of nitrogens with one attached hydrogen (secondary N) is 2. The van der Waals surface area contributed by atoms with Crippen molar-refractivity contribution in [1.29, 1.82) is 0 Å². The molecule has 6 nitrogen and oxygen atoms in total. The number of rotatable bonds is 8. The minimum absolute atomic E-state index is 0.162. The molecule has 3 aromatic carbocycles. The second-order valence-corrected chi connectivity index (χ2v) is 9.98. The number of carbonyl (C=O) groups excluding carboxylic acids is 2. The van der Waals surface area contributed by atoms with Crippen LogP contribution in [0.15, 0.2) is 77.9 Å². The van der Waals surface area contributed by atoms with Crippen molar-refractivity contribution in [3.63, 3.8) is 0 Å². The summed E-state index contributed by atoms with van der Waals surface area (Å²) in [5.74, 6) is -0.983. The molecule has 190 valence electrons. The van der Waals surface area contributed by atoms with Gasteiger partial charge in [0, 0.05) is 33.7 Å². The Morgan fingerprint density at radius 3 is 2.35 bits per heavy atom. The van der Waals surface area contributed by atoms with Gasteiger partial charge in [0.2, 0.25) is 0 Å². The molecule has 0 spiro atoms. The van der Waals surface area contributed by atoms with Crippen molar-refractivity contribution in [3.05, 3.63) is 105 Å². The van der Waals surface area contributed by atoms with E-state index in [9.17, 15) is 9.59 Å². The molecule has 37 heavy (non-hydrogen) atoms. The largest absolute Gasteiger partial charge is 0.340 e. The smallest absolute Gasteiger partial charge is 0.262 e. The zero-order valence-corrected chi connectivity index (χ0v) is 22.3. The Kier molecular flexibility index (Phi) is 8.31. The molecule has 0 aliphatic heterocycles. The number of fused-ring (bicyclic) bond motifs is 1. The average Bonchev–Trinajstić information content (AvgIpc) is 3.14. The molecular weight excluding hydrogens is 507 g/mol. The zero-order valence-electron chi connectivity index (χ0n) is 20.8. The molecule has 8 heteroatoms. The van der Waals surface area contributed by atoms with Crippen molar-refractivity contribution in [1.82, 2.24) is 15.3 Å². The lowest BCUT2D eigenvalue weighted by Gasteiger charge is -2.20. The molecule has 0 bridgehead atoms. The lowest BCUT2D eigenvalue weighted by atomic mass is 10.0. The van der Waals surface area contributed by atoms with Gasteiger partial charge in [0.15, 0.2) is 0 Å². The minimum Gasteiger partial charge on any atom is -0.340 e. The van der Waals surface area contributed by atoms with Crippen LogP contribution < -0.4 is 10.7 Å². The molecule has 4 aromatic rings. The summed E-state index contributed by atoms with van der Waals surface area (Å²) in [7, 11) is 0. The number of benzene rings is 3. The van der Waals surface area contributed by atoms with E-state index in [0.29, 0.717) is 22.2 Å². The summed E-state index contributed by atoms with van der Waals surface area (Å²) >= 11 is 12.2. The first-order chi connectivity index (χ1) is 17.8. The summed E-state index contributed by atoms with van der Waals surface area (Å²) in [5, 5.41) is 9.08. The van der Waals surface area contributed by atoms with Crippen LogP contribution in [0.25, 0.3) is 10.9 Å². The van der Waals surface area contributed by atoms with Crippen molar-refractivity contribution < 1.29 is 9.59 Å². The van der Waals surface area contributed by atoms with Gasteiger partial charge in [-0.25, -0.2) is 5.43 Å². The van der Waals surface area contributed by atoms with Crippen LogP contribution in [0.5, 0.6) is 0 Å². The number of nitrogens with zero attached hydrogens (tertiary/aromatic N) is 2.